The van der Waals surface area contributed by atoms with Crippen molar-refractivity contribution in [3.05, 3.63) is 218 Å². The molecule has 5 heteroatoms. The highest BCUT2D eigenvalue weighted by Gasteiger charge is 2.23. The zero-order valence-corrected chi connectivity index (χ0v) is 35.5. The molecule has 5 aromatic heterocycles. The number of rotatable bonds is 5. The third-order valence-electron chi connectivity index (χ3n) is 13.4. The van der Waals surface area contributed by atoms with E-state index >= 15 is 0 Å². The van der Waals surface area contributed by atoms with Crippen molar-refractivity contribution < 1.29 is 4.42 Å². The fourth-order valence-corrected chi connectivity index (χ4v) is 10.3. The van der Waals surface area contributed by atoms with E-state index in [4.69, 9.17) is 19.4 Å². The first-order valence-electron chi connectivity index (χ1n) is 22.3. The molecule has 0 radical (unpaired) electrons. The lowest BCUT2D eigenvalue weighted by Crippen LogP contribution is -1.94. The van der Waals surface area contributed by atoms with Crippen molar-refractivity contribution in [1.82, 2.24) is 19.5 Å². The molecule has 5 heterocycles. The summed E-state index contributed by atoms with van der Waals surface area (Å²) in [6, 6.07) is 77.1. The summed E-state index contributed by atoms with van der Waals surface area (Å²) in [5, 5.41) is 9.99. The number of aromatic nitrogens is 4. The molecule has 0 saturated heterocycles. The van der Waals surface area contributed by atoms with E-state index in [1.807, 2.05) is 24.3 Å². The van der Waals surface area contributed by atoms with Gasteiger partial charge in [0, 0.05) is 76.4 Å². The molecule has 0 aliphatic heterocycles. The van der Waals surface area contributed by atoms with Gasteiger partial charge in [-0.2, -0.15) is 0 Å². The van der Waals surface area contributed by atoms with Gasteiger partial charge in [-0.05, 0) is 66.2 Å². The summed E-state index contributed by atoms with van der Waals surface area (Å²) in [6.07, 6.45) is 0. The molecule has 66 heavy (non-hydrogen) atoms. The number of para-hydroxylation sites is 4. The molecule has 0 aliphatic rings. The summed E-state index contributed by atoms with van der Waals surface area (Å²) in [7, 11) is 0. The first-order chi connectivity index (χ1) is 32.7. The fraction of sp³-hybridized carbons (Fsp3) is 0. The lowest BCUT2D eigenvalue weighted by molar-refractivity contribution is 0.670. The van der Waals surface area contributed by atoms with E-state index in [2.05, 4.69) is 199 Å². The number of pyridine rings is 3. The van der Waals surface area contributed by atoms with Crippen molar-refractivity contribution in [1.29, 1.82) is 0 Å². The van der Waals surface area contributed by atoms with Gasteiger partial charge < -0.3 is 8.98 Å². The third-order valence-corrected chi connectivity index (χ3v) is 13.4. The highest BCUT2D eigenvalue weighted by molar-refractivity contribution is 6.30. The van der Waals surface area contributed by atoms with Crippen LogP contribution in [0.3, 0.4) is 0 Å². The predicted molar refractivity (Wildman–Crippen MR) is 273 cm³/mol. The third kappa shape index (κ3) is 5.57. The van der Waals surface area contributed by atoms with Crippen LogP contribution in [0.5, 0.6) is 0 Å². The normalized spacial score (nSPS) is 11.9. The van der Waals surface area contributed by atoms with Crippen molar-refractivity contribution in [2.75, 3.05) is 0 Å². The molecule has 0 bridgehead atoms. The van der Waals surface area contributed by atoms with E-state index in [9.17, 15) is 0 Å². The molecule has 0 atom stereocenters. The highest BCUT2D eigenvalue weighted by atomic mass is 16.3. The second-order valence-corrected chi connectivity index (χ2v) is 17.1. The Morgan fingerprint density at radius 1 is 0.364 bits per heavy atom. The van der Waals surface area contributed by atoms with E-state index < -0.39 is 0 Å². The largest absolute Gasteiger partial charge is 0.455 e. The standard InChI is InChI=1S/C61H36N4O/c1-3-13-38(14-4-1)50-32-29-40-27-28-41-30-33-51(63-60(41)59(40)62-50)39-25-23-37(24-26-39)47-36-49-56(57-46-19-9-12-22-55(46)66-61(47)57)45-18-7-10-20-52(45)64-58(49)42-31-34-54-48(35-42)44-17-8-11-21-53(44)65(54)43-15-5-2-6-16-43/h1-36H. The van der Waals surface area contributed by atoms with Gasteiger partial charge in [-0.25, -0.2) is 15.0 Å². The molecule has 0 amide bonds. The molecule has 0 saturated carbocycles. The minimum atomic E-state index is 0.854. The summed E-state index contributed by atoms with van der Waals surface area (Å²) in [5.41, 5.74) is 15.9. The monoisotopic (exact) mass is 840 g/mol. The maximum absolute atomic E-state index is 6.89. The minimum Gasteiger partial charge on any atom is -0.455 e. The van der Waals surface area contributed by atoms with E-state index in [-0.39, 0.29) is 0 Å². The van der Waals surface area contributed by atoms with Crippen LogP contribution >= 0.6 is 0 Å². The minimum absolute atomic E-state index is 0.854. The van der Waals surface area contributed by atoms with Crippen LogP contribution in [0.4, 0.5) is 0 Å². The van der Waals surface area contributed by atoms with Gasteiger partial charge in [0.05, 0.1) is 44.7 Å². The molecule has 0 aliphatic carbocycles. The van der Waals surface area contributed by atoms with Crippen LogP contribution in [-0.2, 0) is 0 Å². The molecule has 0 fully saturated rings. The number of benzene rings is 9. The second-order valence-electron chi connectivity index (χ2n) is 17.1. The topological polar surface area (TPSA) is 56.7 Å². The van der Waals surface area contributed by atoms with Crippen molar-refractivity contribution >= 4 is 87.2 Å². The van der Waals surface area contributed by atoms with Crippen molar-refractivity contribution in [2.45, 2.75) is 0 Å². The Balaban J connectivity index is 0.970. The molecule has 14 aromatic rings. The van der Waals surface area contributed by atoms with Gasteiger partial charge >= 0.3 is 0 Å². The van der Waals surface area contributed by atoms with E-state index in [1.165, 1.54) is 16.3 Å². The number of furan rings is 1. The SMILES string of the molecule is c1ccc(-c2ccc3ccc4ccc(-c5ccc(-c6cc7c(-c8ccc9c(c8)c8ccccc8n9-c8ccccc8)nc8ccccc8c7c7c6oc6ccccc67)cc5)nc4c3n2)cc1. The molecular formula is C61H36N4O. The molecule has 0 unspecified atom stereocenters. The van der Waals surface area contributed by atoms with Crippen molar-refractivity contribution in [2.24, 2.45) is 0 Å². The molecule has 0 N–H and O–H groups in total. The molecule has 306 valence electrons. The van der Waals surface area contributed by atoms with Gasteiger partial charge in [-0.3, -0.25) is 0 Å². The molecular weight excluding hydrogens is 805 g/mol. The molecule has 14 rings (SSSR count). The molecule has 0 spiro atoms. The Morgan fingerprint density at radius 3 is 1.70 bits per heavy atom. The summed E-state index contributed by atoms with van der Waals surface area (Å²) < 4.78 is 9.25. The Hall–Kier alpha value is -8.93. The van der Waals surface area contributed by atoms with Crippen molar-refractivity contribution in [3.63, 3.8) is 0 Å². The Morgan fingerprint density at radius 2 is 0.939 bits per heavy atom. The van der Waals surface area contributed by atoms with Gasteiger partial charge in [0.1, 0.15) is 11.2 Å². The highest BCUT2D eigenvalue weighted by Crippen LogP contribution is 2.46. The van der Waals surface area contributed by atoms with Gasteiger partial charge in [0.15, 0.2) is 0 Å². The van der Waals surface area contributed by atoms with Gasteiger partial charge in [0.25, 0.3) is 0 Å². The Bertz CT molecular complexity index is 4270. The summed E-state index contributed by atoms with van der Waals surface area (Å²) in [5.74, 6) is 0. The molecule has 5 nitrogen and oxygen atoms in total. The zero-order valence-electron chi connectivity index (χ0n) is 35.5. The predicted octanol–water partition coefficient (Wildman–Crippen LogP) is 16.1. The van der Waals surface area contributed by atoms with Gasteiger partial charge in [-0.1, -0.05) is 158 Å². The number of fused-ring (bicyclic) bond motifs is 13. The quantitative estimate of drug-likeness (QED) is 0.162. The first-order valence-corrected chi connectivity index (χ1v) is 22.3. The fourth-order valence-electron chi connectivity index (χ4n) is 10.3. The van der Waals surface area contributed by atoms with Crippen LogP contribution in [0.1, 0.15) is 0 Å². The molecule has 9 aromatic carbocycles. The van der Waals surface area contributed by atoms with E-state index in [0.29, 0.717) is 0 Å². The van der Waals surface area contributed by atoms with Crippen LogP contribution in [0.25, 0.3) is 138 Å². The van der Waals surface area contributed by atoms with Gasteiger partial charge in [0.2, 0.25) is 0 Å². The van der Waals surface area contributed by atoms with Crippen LogP contribution in [-0.4, -0.2) is 19.5 Å². The Labute approximate surface area is 378 Å². The maximum Gasteiger partial charge on any atom is 0.143 e. The van der Waals surface area contributed by atoms with E-state index in [1.54, 1.807) is 0 Å². The first kappa shape index (κ1) is 36.5. The average molecular weight is 841 g/mol. The maximum atomic E-state index is 6.89. The summed E-state index contributed by atoms with van der Waals surface area (Å²) in [6.45, 7) is 0. The number of hydrogen-bond acceptors (Lipinski definition) is 4. The number of nitrogens with zero attached hydrogens (tertiary/aromatic N) is 4. The van der Waals surface area contributed by atoms with Crippen LogP contribution in [0, 0.1) is 0 Å². The van der Waals surface area contributed by atoms with Crippen LogP contribution < -0.4 is 0 Å². The average Bonchev–Trinajstić information content (AvgIpc) is 3.94. The number of hydrogen-bond donors (Lipinski definition) is 0. The second kappa shape index (κ2) is 14.3. The van der Waals surface area contributed by atoms with Crippen LogP contribution in [0.2, 0.25) is 0 Å². The Kier molecular flexibility index (Phi) is 7.91. The van der Waals surface area contributed by atoms with Crippen LogP contribution in [0.15, 0.2) is 223 Å². The zero-order chi connectivity index (χ0) is 43.3. The summed E-state index contributed by atoms with van der Waals surface area (Å²) >= 11 is 0. The smallest absolute Gasteiger partial charge is 0.143 e. The summed E-state index contributed by atoms with van der Waals surface area (Å²) in [4.78, 5) is 15.9. The lowest BCUT2D eigenvalue weighted by atomic mass is 9.91. The van der Waals surface area contributed by atoms with E-state index in [0.717, 1.165) is 122 Å². The van der Waals surface area contributed by atoms with Crippen molar-refractivity contribution in [3.8, 4) is 50.6 Å². The lowest BCUT2D eigenvalue weighted by Gasteiger charge is -2.14. The van der Waals surface area contributed by atoms with Gasteiger partial charge in [-0.15, -0.1) is 0 Å².